The van der Waals surface area contributed by atoms with Crippen molar-refractivity contribution in [2.24, 2.45) is 0 Å². The molecule has 1 rings (SSSR count). The van der Waals surface area contributed by atoms with E-state index in [-0.39, 0.29) is 11.1 Å². The maximum absolute atomic E-state index is 13.4. The van der Waals surface area contributed by atoms with Gasteiger partial charge in [0, 0.05) is 11.8 Å². The average Bonchev–Trinajstić information content (AvgIpc) is 2.07. The van der Waals surface area contributed by atoms with Gasteiger partial charge < -0.3 is 0 Å². The first-order valence-electron chi connectivity index (χ1n) is 3.82. The quantitative estimate of drug-likeness (QED) is 0.701. The molecule has 0 N–H and O–H groups in total. The minimum Gasteiger partial charge on any atom is -0.298 e. The van der Waals surface area contributed by atoms with Crippen molar-refractivity contribution in [3.63, 3.8) is 0 Å². The van der Waals surface area contributed by atoms with Gasteiger partial charge in [-0.05, 0) is 18.6 Å². The number of rotatable bonds is 2. The highest BCUT2D eigenvalue weighted by molar-refractivity contribution is 7.90. The average molecular weight is 216 g/mol. The fourth-order valence-corrected chi connectivity index (χ4v) is 2.17. The molecule has 0 saturated carbocycles. The molecule has 1 aromatic rings. The van der Waals surface area contributed by atoms with E-state index in [2.05, 4.69) is 0 Å². The first-order valence-corrected chi connectivity index (χ1v) is 5.71. The van der Waals surface area contributed by atoms with E-state index >= 15 is 0 Å². The second-order valence-electron chi connectivity index (χ2n) is 3.00. The molecule has 0 aliphatic rings. The maximum Gasteiger partial charge on any atom is 0.179 e. The largest absolute Gasteiger partial charge is 0.298 e. The molecule has 0 aliphatic carbocycles. The van der Waals surface area contributed by atoms with Crippen LogP contribution in [0.3, 0.4) is 0 Å². The number of aldehydes is 1. The highest BCUT2D eigenvalue weighted by atomic mass is 32.2. The molecule has 0 heterocycles. The van der Waals surface area contributed by atoms with Crippen LogP contribution in [-0.2, 0) is 9.84 Å². The van der Waals surface area contributed by atoms with Crippen LogP contribution >= 0.6 is 0 Å². The van der Waals surface area contributed by atoms with Crippen LogP contribution in [-0.4, -0.2) is 21.0 Å². The molecule has 3 nitrogen and oxygen atoms in total. The zero-order valence-electron chi connectivity index (χ0n) is 7.74. The van der Waals surface area contributed by atoms with E-state index in [0.717, 1.165) is 6.26 Å². The summed E-state index contributed by atoms with van der Waals surface area (Å²) >= 11 is 0. The van der Waals surface area contributed by atoms with E-state index in [1.165, 1.54) is 19.1 Å². The van der Waals surface area contributed by atoms with E-state index in [1.54, 1.807) is 0 Å². The van der Waals surface area contributed by atoms with Gasteiger partial charge in [-0.25, -0.2) is 12.8 Å². The summed E-state index contributed by atoms with van der Waals surface area (Å²) in [5, 5.41) is 0. The van der Waals surface area contributed by atoms with Crippen molar-refractivity contribution < 1.29 is 17.6 Å². The zero-order valence-corrected chi connectivity index (χ0v) is 8.56. The molecule has 76 valence electrons. The van der Waals surface area contributed by atoms with Gasteiger partial charge in [0.05, 0.1) is 0 Å². The molecule has 1 aromatic carbocycles. The summed E-state index contributed by atoms with van der Waals surface area (Å²) in [6, 6.07) is 2.66. The predicted octanol–water partition coefficient (Wildman–Crippen LogP) is 1.35. The highest BCUT2D eigenvalue weighted by Crippen LogP contribution is 2.21. The number of sulfone groups is 1. The van der Waals surface area contributed by atoms with Crippen LogP contribution in [0.1, 0.15) is 15.9 Å². The van der Waals surface area contributed by atoms with Crippen LogP contribution in [0.15, 0.2) is 17.0 Å². The minimum atomic E-state index is -3.70. The molecule has 0 unspecified atom stereocenters. The molecule has 0 saturated heterocycles. The molecule has 0 radical (unpaired) electrons. The van der Waals surface area contributed by atoms with Gasteiger partial charge in [-0.3, -0.25) is 4.79 Å². The topological polar surface area (TPSA) is 51.2 Å². The number of halogens is 1. The molecule has 0 fully saturated rings. The summed E-state index contributed by atoms with van der Waals surface area (Å²) in [5.41, 5.74) is 0.0617. The third-order valence-electron chi connectivity index (χ3n) is 1.82. The lowest BCUT2D eigenvalue weighted by Crippen LogP contribution is -2.06. The SMILES string of the molecule is Cc1ccc(C=O)c(S(C)(=O)=O)c1F. The van der Waals surface area contributed by atoms with Crippen molar-refractivity contribution in [1.29, 1.82) is 0 Å². The Morgan fingerprint density at radius 1 is 1.36 bits per heavy atom. The fraction of sp³-hybridized carbons (Fsp3) is 0.222. The summed E-state index contributed by atoms with van der Waals surface area (Å²) in [7, 11) is -3.70. The molecule has 0 aliphatic heterocycles. The van der Waals surface area contributed by atoms with Crippen molar-refractivity contribution in [3.8, 4) is 0 Å². The Hall–Kier alpha value is -1.23. The van der Waals surface area contributed by atoms with Crippen molar-refractivity contribution in [2.75, 3.05) is 6.26 Å². The van der Waals surface area contributed by atoms with Gasteiger partial charge in [0.2, 0.25) is 0 Å². The molecular weight excluding hydrogens is 207 g/mol. The van der Waals surface area contributed by atoms with Gasteiger partial charge in [-0.2, -0.15) is 0 Å². The van der Waals surface area contributed by atoms with Gasteiger partial charge in [0.15, 0.2) is 16.1 Å². The van der Waals surface area contributed by atoms with Crippen molar-refractivity contribution in [3.05, 3.63) is 29.1 Å². The van der Waals surface area contributed by atoms with Gasteiger partial charge >= 0.3 is 0 Å². The Balaban J connectivity index is 3.69. The third kappa shape index (κ3) is 1.82. The smallest absolute Gasteiger partial charge is 0.179 e. The molecule has 0 amide bonds. The Labute approximate surface area is 81.5 Å². The van der Waals surface area contributed by atoms with Crippen LogP contribution < -0.4 is 0 Å². The number of carbonyl (C=O) groups excluding carboxylic acids is 1. The van der Waals surface area contributed by atoms with Crippen molar-refractivity contribution in [2.45, 2.75) is 11.8 Å². The minimum absolute atomic E-state index is 0.143. The zero-order chi connectivity index (χ0) is 10.9. The summed E-state index contributed by atoms with van der Waals surface area (Å²) in [5.74, 6) is -0.850. The molecule has 0 atom stereocenters. The van der Waals surface area contributed by atoms with Gasteiger partial charge in [0.1, 0.15) is 10.7 Å². The van der Waals surface area contributed by atoms with Crippen LogP contribution in [0, 0.1) is 12.7 Å². The van der Waals surface area contributed by atoms with Crippen LogP contribution in [0.5, 0.6) is 0 Å². The Bertz CT molecular complexity index is 477. The van der Waals surface area contributed by atoms with Gasteiger partial charge in [0.25, 0.3) is 0 Å². The van der Waals surface area contributed by atoms with Gasteiger partial charge in [-0.15, -0.1) is 0 Å². The monoisotopic (exact) mass is 216 g/mol. The first-order chi connectivity index (χ1) is 6.38. The molecule has 0 spiro atoms. The summed E-state index contributed by atoms with van der Waals surface area (Å²) in [6.45, 7) is 1.44. The fourth-order valence-electron chi connectivity index (χ4n) is 1.14. The van der Waals surface area contributed by atoms with E-state index < -0.39 is 20.5 Å². The number of aryl methyl sites for hydroxylation is 1. The van der Waals surface area contributed by atoms with Crippen molar-refractivity contribution >= 4 is 16.1 Å². The van der Waals surface area contributed by atoms with Gasteiger partial charge in [-0.1, -0.05) is 6.07 Å². The number of hydrogen-bond acceptors (Lipinski definition) is 3. The normalized spacial score (nSPS) is 11.4. The van der Waals surface area contributed by atoms with E-state index in [1.807, 2.05) is 0 Å². The van der Waals surface area contributed by atoms with Crippen molar-refractivity contribution in [1.82, 2.24) is 0 Å². The maximum atomic E-state index is 13.4. The summed E-state index contributed by atoms with van der Waals surface area (Å²) in [4.78, 5) is 9.99. The Kier molecular flexibility index (Phi) is 2.71. The number of benzene rings is 1. The Morgan fingerprint density at radius 2 is 1.93 bits per heavy atom. The first kappa shape index (κ1) is 10.8. The molecule has 0 aromatic heterocycles. The second-order valence-corrected chi connectivity index (χ2v) is 4.96. The molecular formula is C9H9FO3S. The van der Waals surface area contributed by atoms with Crippen LogP contribution in [0.4, 0.5) is 4.39 Å². The highest BCUT2D eigenvalue weighted by Gasteiger charge is 2.19. The lowest BCUT2D eigenvalue weighted by atomic mass is 10.1. The molecule has 5 heteroatoms. The number of carbonyl (C=O) groups is 1. The van der Waals surface area contributed by atoms with E-state index in [4.69, 9.17) is 0 Å². The lowest BCUT2D eigenvalue weighted by molar-refractivity contribution is 0.111. The molecule has 14 heavy (non-hydrogen) atoms. The predicted molar refractivity (Wildman–Crippen MR) is 49.6 cm³/mol. The van der Waals surface area contributed by atoms with Crippen LogP contribution in [0.25, 0.3) is 0 Å². The van der Waals surface area contributed by atoms with E-state index in [9.17, 15) is 17.6 Å². The number of hydrogen-bond donors (Lipinski definition) is 0. The standard InChI is InChI=1S/C9H9FO3S/c1-6-3-4-7(5-11)9(8(6)10)14(2,12)13/h3-5H,1-2H3. The van der Waals surface area contributed by atoms with E-state index in [0.29, 0.717) is 6.29 Å². The van der Waals surface area contributed by atoms with Crippen LogP contribution in [0.2, 0.25) is 0 Å². The molecule has 0 bridgehead atoms. The second kappa shape index (κ2) is 3.49. The summed E-state index contributed by atoms with van der Waals surface area (Å²) < 4.78 is 35.8. The lowest BCUT2D eigenvalue weighted by Gasteiger charge is -2.05. The third-order valence-corrected chi connectivity index (χ3v) is 2.97. The Morgan fingerprint density at radius 3 is 2.36 bits per heavy atom. The summed E-state index contributed by atoms with van der Waals surface area (Å²) in [6.07, 6.45) is 1.21.